The summed E-state index contributed by atoms with van der Waals surface area (Å²) < 4.78 is 39.2. The number of alkyl halides is 3. The molecule has 0 unspecified atom stereocenters. The normalized spacial score (nSPS) is 11.9. The van der Waals surface area contributed by atoms with Crippen molar-refractivity contribution in [3.05, 3.63) is 51.8 Å². The van der Waals surface area contributed by atoms with Gasteiger partial charge >= 0.3 is 12.1 Å². The van der Waals surface area contributed by atoms with Gasteiger partial charge in [-0.2, -0.15) is 18.3 Å². The first-order valence-electron chi connectivity index (χ1n) is 6.31. The quantitative estimate of drug-likeness (QED) is 0.485. The van der Waals surface area contributed by atoms with E-state index in [0.717, 1.165) is 12.1 Å². The lowest BCUT2D eigenvalue weighted by Gasteiger charge is -2.07. The summed E-state index contributed by atoms with van der Waals surface area (Å²) in [6.07, 6.45) is -3.37. The van der Waals surface area contributed by atoms with Crippen LogP contribution in [0.1, 0.15) is 27.2 Å². The summed E-state index contributed by atoms with van der Waals surface area (Å²) in [6.45, 7) is 1.68. The molecule has 2 rings (SSSR count). The van der Waals surface area contributed by atoms with Crippen LogP contribution in [-0.4, -0.2) is 22.0 Å². The third-order valence-electron chi connectivity index (χ3n) is 2.94. The predicted octanol–water partition coefficient (Wildman–Crippen LogP) is 3.59. The van der Waals surface area contributed by atoms with Gasteiger partial charge in [0.05, 0.1) is 28.6 Å². The van der Waals surface area contributed by atoms with Gasteiger partial charge < -0.3 is 4.84 Å². The topological polar surface area (TPSA) is 56.5 Å². The number of halogens is 4. The lowest BCUT2D eigenvalue weighted by atomic mass is 10.1. The molecule has 0 amide bonds. The van der Waals surface area contributed by atoms with Gasteiger partial charge in [-0.3, -0.25) is 4.68 Å². The van der Waals surface area contributed by atoms with Crippen molar-refractivity contribution in [3.8, 4) is 0 Å². The molecule has 5 nitrogen and oxygen atoms in total. The number of benzene rings is 1. The fourth-order valence-electron chi connectivity index (χ4n) is 1.80. The molecule has 2 aromatic rings. The second kappa shape index (κ2) is 6.41. The molecule has 0 aliphatic rings. The zero-order valence-electron chi connectivity index (χ0n) is 12.1. The van der Waals surface area contributed by atoms with E-state index < -0.39 is 17.7 Å². The highest BCUT2D eigenvalue weighted by atomic mass is 35.5. The molecule has 0 aliphatic carbocycles. The van der Waals surface area contributed by atoms with Crippen molar-refractivity contribution in [3.63, 3.8) is 0 Å². The second-order valence-electron chi connectivity index (χ2n) is 4.61. The van der Waals surface area contributed by atoms with Crippen LogP contribution in [0, 0.1) is 6.92 Å². The fraction of sp³-hybridized carbons (Fsp3) is 0.214. The Labute approximate surface area is 134 Å². The summed E-state index contributed by atoms with van der Waals surface area (Å²) in [4.78, 5) is 16.3. The van der Waals surface area contributed by atoms with E-state index in [1.54, 1.807) is 14.0 Å². The van der Waals surface area contributed by atoms with E-state index in [9.17, 15) is 18.0 Å². The molecule has 0 N–H and O–H groups in total. The van der Waals surface area contributed by atoms with Crippen molar-refractivity contribution in [2.45, 2.75) is 13.1 Å². The summed E-state index contributed by atoms with van der Waals surface area (Å²) in [5, 5.41) is 7.78. The molecule has 0 bridgehead atoms. The van der Waals surface area contributed by atoms with E-state index in [1.807, 2.05) is 0 Å². The Bertz CT molecular complexity index is 769. The van der Waals surface area contributed by atoms with E-state index >= 15 is 0 Å². The van der Waals surface area contributed by atoms with Crippen LogP contribution < -0.4 is 0 Å². The zero-order chi connectivity index (χ0) is 17.2. The van der Waals surface area contributed by atoms with Crippen molar-refractivity contribution in [2.75, 3.05) is 0 Å². The minimum Gasteiger partial charge on any atom is -0.313 e. The number of hydrogen-bond acceptors (Lipinski definition) is 4. The Balaban J connectivity index is 2.12. The van der Waals surface area contributed by atoms with E-state index in [-0.39, 0.29) is 5.56 Å². The smallest absolute Gasteiger partial charge is 0.313 e. The van der Waals surface area contributed by atoms with E-state index in [0.29, 0.717) is 22.5 Å². The maximum Gasteiger partial charge on any atom is 0.416 e. The Morgan fingerprint density at radius 2 is 2.13 bits per heavy atom. The Morgan fingerprint density at radius 3 is 2.70 bits per heavy atom. The van der Waals surface area contributed by atoms with E-state index in [2.05, 4.69) is 15.1 Å². The molecular formula is C14H11ClF3N3O2. The Kier molecular flexibility index (Phi) is 4.74. The summed E-state index contributed by atoms with van der Waals surface area (Å²) in [5.74, 6) is -1.01. The summed E-state index contributed by atoms with van der Waals surface area (Å²) in [7, 11) is 1.63. The average molecular weight is 346 g/mol. The molecule has 122 valence electrons. The van der Waals surface area contributed by atoms with Gasteiger partial charge in [-0.15, -0.1) is 0 Å². The van der Waals surface area contributed by atoms with Crippen molar-refractivity contribution in [1.82, 2.24) is 9.78 Å². The largest absolute Gasteiger partial charge is 0.416 e. The zero-order valence-corrected chi connectivity index (χ0v) is 12.8. The molecule has 23 heavy (non-hydrogen) atoms. The predicted molar refractivity (Wildman–Crippen MR) is 77.4 cm³/mol. The highest BCUT2D eigenvalue weighted by molar-refractivity contribution is 6.32. The summed E-state index contributed by atoms with van der Waals surface area (Å²) in [6, 6.07) is 3.87. The molecule has 0 fully saturated rings. The molecule has 0 saturated carbocycles. The minimum absolute atomic E-state index is 0.258. The summed E-state index contributed by atoms with van der Waals surface area (Å²) >= 11 is 5.96. The lowest BCUT2D eigenvalue weighted by molar-refractivity contribution is -0.137. The van der Waals surface area contributed by atoms with Crippen molar-refractivity contribution >= 4 is 23.8 Å². The molecule has 1 heterocycles. The lowest BCUT2D eigenvalue weighted by Crippen LogP contribution is -2.08. The van der Waals surface area contributed by atoms with Gasteiger partial charge in [-0.1, -0.05) is 22.8 Å². The van der Waals surface area contributed by atoms with Gasteiger partial charge in [-0.05, 0) is 25.1 Å². The third kappa shape index (κ3) is 3.89. The van der Waals surface area contributed by atoms with Gasteiger partial charge in [0.2, 0.25) is 0 Å². The Hall–Kier alpha value is -2.35. The van der Waals surface area contributed by atoms with Crippen LogP contribution in [0.25, 0.3) is 0 Å². The monoisotopic (exact) mass is 345 g/mol. The number of carbonyl (C=O) groups is 1. The molecule has 0 radical (unpaired) electrons. The van der Waals surface area contributed by atoms with Crippen LogP contribution in [0.15, 0.2) is 29.4 Å². The fourth-order valence-corrected chi connectivity index (χ4v) is 2.02. The SMILES string of the molecule is Cc1nn(C)c(Cl)c1/C=N\OC(=O)c1cccc(C(F)(F)F)c1. The highest BCUT2D eigenvalue weighted by Gasteiger charge is 2.31. The number of aromatic nitrogens is 2. The minimum atomic E-state index is -4.54. The first-order valence-corrected chi connectivity index (χ1v) is 6.69. The van der Waals surface area contributed by atoms with Gasteiger partial charge in [0.15, 0.2) is 0 Å². The van der Waals surface area contributed by atoms with E-state index in [4.69, 9.17) is 11.6 Å². The maximum absolute atomic E-state index is 12.6. The molecule has 1 aromatic carbocycles. The van der Waals surface area contributed by atoms with Gasteiger partial charge in [-0.25, -0.2) is 4.79 Å². The standard InChI is InChI=1S/C14H11ClF3N3O2/c1-8-11(12(15)21(2)20-8)7-19-23-13(22)9-4-3-5-10(6-9)14(16,17)18/h3-7H,1-2H3/b19-7-. The Morgan fingerprint density at radius 1 is 1.43 bits per heavy atom. The molecule has 0 saturated heterocycles. The number of nitrogens with zero attached hydrogens (tertiary/aromatic N) is 3. The van der Waals surface area contributed by atoms with Crippen molar-refractivity contribution < 1.29 is 22.8 Å². The first-order chi connectivity index (χ1) is 10.7. The highest BCUT2D eigenvalue weighted by Crippen LogP contribution is 2.29. The maximum atomic E-state index is 12.6. The molecule has 0 aliphatic heterocycles. The third-order valence-corrected chi connectivity index (χ3v) is 3.39. The number of oxime groups is 1. The summed E-state index contributed by atoms with van der Waals surface area (Å²) in [5.41, 5.74) is -0.185. The van der Waals surface area contributed by atoms with Crippen LogP contribution in [-0.2, 0) is 18.1 Å². The van der Waals surface area contributed by atoms with E-state index in [1.165, 1.54) is 17.0 Å². The van der Waals surface area contributed by atoms with Gasteiger partial charge in [0.1, 0.15) is 5.15 Å². The van der Waals surface area contributed by atoms with Gasteiger partial charge in [0, 0.05) is 7.05 Å². The molecule has 0 atom stereocenters. The van der Waals surface area contributed by atoms with Crippen LogP contribution in [0.4, 0.5) is 13.2 Å². The number of aryl methyl sites for hydroxylation is 2. The molecular weight excluding hydrogens is 335 g/mol. The molecule has 9 heteroatoms. The van der Waals surface area contributed by atoms with Gasteiger partial charge in [0.25, 0.3) is 0 Å². The van der Waals surface area contributed by atoms with Crippen LogP contribution in [0.2, 0.25) is 5.15 Å². The number of hydrogen-bond donors (Lipinski definition) is 0. The number of rotatable bonds is 3. The van der Waals surface area contributed by atoms with Crippen LogP contribution in [0.3, 0.4) is 0 Å². The number of carbonyl (C=O) groups excluding carboxylic acids is 1. The van der Waals surface area contributed by atoms with Crippen LogP contribution in [0.5, 0.6) is 0 Å². The van der Waals surface area contributed by atoms with Crippen molar-refractivity contribution in [1.29, 1.82) is 0 Å². The van der Waals surface area contributed by atoms with Crippen LogP contribution >= 0.6 is 11.6 Å². The molecule has 0 spiro atoms. The average Bonchev–Trinajstić information content (AvgIpc) is 2.72. The second-order valence-corrected chi connectivity index (χ2v) is 4.96. The van der Waals surface area contributed by atoms with Crippen molar-refractivity contribution in [2.24, 2.45) is 12.2 Å². The molecule has 1 aromatic heterocycles. The first kappa shape index (κ1) is 17.0.